The molecule has 1 heterocycles. The highest BCUT2D eigenvalue weighted by molar-refractivity contribution is 5.99. The molecule has 0 atom stereocenters. The highest BCUT2D eigenvalue weighted by Gasteiger charge is 2.32. The van der Waals surface area contributed by atoms with E-state index in [-0.39, 0.29) is 11.7 Å². The molecule has 2 N–H and O–H groups in total. The maximum absolute atomic E-state index is 12.6. The first-order valence-electron chi connectivity index (χ1n) is 6.83. The summed E-state index contributed by atoms with van der Waals surface area (Å²) < 4.78 is 1.67. The Balaban J connectivity index is 2.27. The van der Waals surface area contributed by atoms with Crippen molar-refractivity contribution in [2.24, 2.45) is 7.05 Å². The molecule has 1 aromatic heterocycles. The van der Waals surface area contributed by atoms with E-state index in [2.05, 4.69) is 10.4 Å². The van der Waals surface area contributed by atoms with Gasteiger partial charge in [0.2, 0.25) is 5.91 Å². The van der Waals surface area contributed by atoms with Gasteiger partial charge in [0.05, 0.1) is 11.1 Å². The molecule has 1 aromatic carbocycles. The van der Waals surface area contributed by atoms with Crippen molar-refractivity contribution < 1.29 is 9.90 Å². The number of benzene rings is 1. The number of amides is 1. The van der Waals surface area contributed by atoms with Gasteiger partial charge in [0.15, 0.2) is 0 Å². The van der Waals surface area contributed by atoms with E-state index in [9.17, 15) is 9.90 Å². The molecule has 112 valence electrons. The molecule has 0 unspecified atom stereocenters. The van der Waals surface area contributed by atoms with Crippen LogP contribution in [0.1, 0.15) is 30.7 Å². The minimum absolute atomic E-state index is 0.160. The molecule has 0 aliphatic rings. The Morgan fingerprint density at radius 2 is 1.95 bits per heavy atom. The van der Waals surface area contributed by atoms with E-state index in [1.54, 1.807) is 10.7 Å². The summed E-state index contributed by atoms with van der Waals surface area (Å²) in [6.45, 7) is 7.38. The Morgan fingerprint density at radius 3 is 2.52 bits per heavy atom. The number of carbonyl (C=O) groups excluding carboxylic acids is 1. The molecule has 0 aliphatic heterocycles. The number of anilines is 1. The average Bonchev–Trinajstić information content (AvgIpc) is 2.83. The van der Waals surface area contributed by atoms with Gasteiger partial charge in [0, 0.05) is 25.0 Å². The minimum atomic E-state index is -0.756. The zero-order chi connectivity index (χ0) is 15.8. The average molecular weight is 287 g/mol. The molecule has 0 spiro atoms. The quantitative estimate of drug-likeness (QED) is 0.912. The van der Waals surface area contributed by atoms with Crippen LogP contribution in [0.4, 0.5) is 5.69 Å². The number of hydrogen-bond acceptors (Lipinski definition) is 3. The number of phenolic OH excluding ortho intramolecular Hbond substituents is 1. The zero-order valence-corrected chi connectivity index (χ0v) is 13.1. The Morgan fingerprint density at radius 1 is 1.29 bits per heavy atom. The molecule has 0 radical (unpaired) electrons. The first-order valence-corrected chi connectivity index (χ1v) is 6.83. The third kappa shape index (κ3) is 2.91. The molecule has 0 saturated carbocycles. The molecule has 0 saturated heterocycles. The Labute approximate surface area is 124 Å². The number of nitrogens with zero attached hydrogens (tertiary/aromatic N) is 2. The lowest BCUT2D eigenvalue weighted by Gasteiger charge is -2.22. The van der Waals surface area contributed by atoms with Crippen LogP contribution >= 0.6 is 0 Å². The van der Waals surface area contributed by atoms with Crippen molar-refractivity contribution in [3.8, 4) is 5.75 Å². The molecule has 0 bridgehead atoms. The molecule has 21 heavy (non-hydrogen) atoms. The standard InChI is InChI=1S/C16H21N3O2/c1-10-8-11(2)13(20)9-12(10)17-15(21)16(3,4)14-6-7-19(5)18-14/h6-9,20H,1-5H3,(H,17,21). The summed E-state index contributed by atoms with van der Waals surface area (Å²) in [6.07, 6.45) is 1.81. The van der Waals surface area contributed by atoms with E-state index in [4.69, 9.17) is 0 Å². The predicted octanol–water partition coefficient (Wildman–Crippen LogP) is 2.66. The fraction of sp³-hybridized carbons (Fsp3) is 0.375. The molecule has 2 aromatic rings. The number of aromatic nitrogens is 2. The van der Waals surface area contributed by atoms with Gasteiger partial charge in [-0.3, -0.25) is 9.48 Å². The maximum atomic E-state index is 12.6. The smallest absolute Gasteiger partial charge is 0.236 e. The van der Waals surface area contributed by atoms with Crippen LogP contribution < -0.4 is 5.32 Å². The van der Waals surface area contributed by atoms with Gasteiger partial charge in [-0.25, -0.2) is 0 Å². The maximum Gasteiger partial charge on any atom is 0.236 e. The van der Waals surface area contributed by atoms with Crippen LogP contribution in [0, 0.1) is 13.8 Å². The molecule has 1 amide bonds. The molecule has 5 nitrogen and oxygen atoms in total. The predicted molar refractivity (Wildman–Crippen MR) is 82.4 cm³/mol. The number of aryl methyl sites for hydroxylation is 3. The largest absolute Gasteiger partial charge is 0.508 e. The van der Waals surface area contributed by atoms with E-state index in [1.165, 1.54) is 0 Å². The molecule has 0 fully saturated rings. The molecular formula is C16H21N3O2. The van der Waals surface area contributed by atoms with Gasteiger partial charge < -0.3 is 10.4 Å². The number of hydrogen-bond donors (Lipinski definition) is 2. The SMILES string of the molecule is Cc1cc(C)c(NC(=O)C(C)(C)c2ccn(C)n2)cc1O. The Hall–Kier alpha value is -2.30. The molecule has 5 heteroatoms. The van der Waals surface area contributed by atoms with Crippen LogP contribution in [0.5, 0.6) is 5.75 Å². The fourth-order valence-electron chi connectivity index (χ4n) is 2.12. The first-order chi connectivity index (χ1) is 9.71. The summed E-state index contributed by atoms with van der Waals surface area (Å²) in [5.74, 6) is 0.0131. The first kappa shape index (κ1) is 15.1. The second-order valence-electron chi connectivity index (χ2n) is 5.91. The number of nitrogens with one attached hydrogen (secondary N) is 1. The van der Waals surface area contributed by atoms with Gasteiger partial charge in [-0.2, -0.15) is 5.10 Å². The van der Waals surface area contributed by atoms with E-state index in [0.29, 0.717) is 11.4 Å². The van der Waals surface area contributed by atoms with Crippen molar-refractivity contribution in [1.82, 2.24) is 9.78 Å². The summed E-state index contributed by atoms with van der Waals surface area (Å²) in [5, 5.41) is 17.0. The van der Waals surface area contributed by atoms with E-state index < -0.39 is 5.41 Å². The van der Waals surface area contributed by atoms with Crippen molar-refractivity contribution in [2.45, 2.75) is 33.1 Å². The van der Waals surface area contributed by atoms with Crippen molar-refractivity contribution in [1.29, 1.82) is 0 Å². The molecular weight excluding hydrogens is 266 g/mol. The van der Waals surface area contributed by atoms with E-state index in [1.807, 2.05) is 53.1 Å². The minimum Gasteiger partial charge on any atom is -0.508 e. The van der Waals surface area contributed by atoms with Crippen molar-refractivity contribution in [3.63, 3.8) is 0 Å². The Kier molecular flexibility index (Phi) is 3.77. The number of phenols is 1. The second kappa shape index (κ2) is 5.24. The summed E-state index contributed by atoms with van der Waals surface area (Å²) in [7, 11) is 1.82. The summed E-state index contributed by atoms with van der Waals surface area (Å²) >= 11 is 0. The summed E-state index contributed by atoms with van der Waals surface area (Å²) in [6, 6.07) is 5.26. The molecule has 0 aliphatic carbocycles. The highest BCUT2D eigenvalue weighted by Crippen LogP contribution is 2.28. The molecule has 2 rings (SSSR count). The van der Waals surface area contributed by atoms with Gasteiger partial charge in [-0.05, 0) is 44.9 Å². The van der Waals surface area contributed by atoms with Gasteiger partial charge in [-0.15, -0.1) is 0 Å². The van der Waals surface area contributed by atoms with Gasteiger partial charge in [0.1, 0.15) is 5.75 Å². The number of rotatable bonds is 3. The van der Waals surface area contributed by atoms with Crippen molar-refractivity contribution in [3.05, 3.63) is 41.2 Å². The van der Waals surface area contributed by atoms with Crippen LogP contribution in [0.3, 0.4) is 0 Å². The van der Waals surface area contributed by atoms with Crippen molar-refractivity contribution >= 4 is 11.6 Å². The summed E-state index contributed by atoms with van der Waals surface area (Å²) in [4.78, 5) is 12.6. The monoisotopic (exact) mass is 287 g/mol. The van der Waals surface area contributed by atoms with Crippen LogP contribution in [-0.4, -0.2) is 20.8 Å². The number of carbonyl (C=O) groups is 1. The van der Waals surface area contributed by atoms with Crippen LogP contribution in [0.15, 0.2) is 24.4 Å². The van der Waals surface area contributed by atoms with Gasteiger partial charge in [0.25, 0.3) is 0 Å². The fourth-order valence-corrected chi connectivity index (χ4v) is 2.12. The topological polar surface area (TPSA) is 67.2 Å². The van der Waals surface area contributed by atoms with E-state index in [0.717, 1.165) is 11.1 Å². The van der Waals surface area contributed by atoms with E-state index >= 15 is 0 Å². The second-order valence-corrected chi connectivity index (χ2v) is 5.91. The lowest BCUT2D eigenvalue weighted by atomic mass is 9.88. The van der Waals surface area contributed by atoms with Crippen molar-refractivity contribution in [2.75, 3.05) is 5.32 Å². The van der Waals surface area contributed by atoms with Gasteiger partial charge in [-0.1, -0.05) is 6.07 Å². The highest BCUT2D eigenvalue weighted by atomic mass is 16.3. The number of aromatic hydroxyl groups is 1. The lowest BCUT2D eigenvalue weighted by molar-refractivity contribution is -0.120. The lowest BCUT2D eigenvalue weighted by Crippen LogP contribution is -2.35. The van der Waals surface area contributed by atoms with Gasteiger partial charge >= 0.3 is 0 Å². The zero-order valence-electron chi connectivity index (χ0n) is 13.1. The third-order valence-corrected chi connectivity index (χ3v) is 3.71. The normalized spacial score (nSPS) is 11.5. The third-order valence-electron chi connectivity index (χ3n) is 3.71. The van der Waals surface area contributed by atoms with Crippen LogP contribution in [0.25, 0.3) is 0 Å². The summed E-state index contributed by atoms with van der Waals surface area (Å²) in [5.41, 5.74) is 2.27. The Bertz CT molecular complexity index is 687. The van der Waals surface area contributed by atoms with Crippen LogP contribution in [-0.2, 0) is 17.3 Å². The van der Waals surface area contributed by atoms with Crippen LogP contribution in [0.2, 0.25) is 0 Å².